The minimum Gasteiger partial charge on any atom is -0.137 e. The highest BCUT2D eigenvalue weighted by Crippen LogP contribution is 2.24. The number of alkyl halides is 1. The number of hydrogen-bond acceptors (Lipinski definition) is 1. The van der Waals surface area contributed by atoms with Crippen molar-refractivity contribution in [3.05, 3.63) is 20.8 Å². The zero-order valence-corrected chi connectivity index (χ0v) is 10.7. The van der Waals surface area contributed by atoms with Crippen LogP contribution in [0.15, 0.2) is 15.2 Å². The van der Waals surface area contributed by atoms with E-state index in [4.69, 9.17) is 11.6 Å². The second kappa shape index (κ2) is 6.86. The summed E-state index contributed by atoms with van der Waals surface area (Å²) in [5, 5.41) is 2.14. The van der Waals surface area contributed by atoms with Gasteiger partial charge in [0, 0.05) is 5.88 Å². The third-order valence-corrected chi connectivity index (χ3v) is 4.10. The lowest BCUT2D eigenvalue weighted by atomic mass is 10.1. The van der Waals surface area contributed by atoms with Crippen LogP contribution < -0.4 is 0 Å². The van der Waals surface area contributed by atoms with Gasteiger partial charge in [0.25, 0.3) is 0 Å². The summed E-state index contributed by atoms with van der Waals surface area (Å²) in [7, 11) is 0. The third kappa shape index (κ3) is 4.48. The Labute approximate surface area is 97.4 Å². The third-order valence-electron chi connectivity index (χ3n) is 2.02. The van der Waals surface area contributed by atoms with E-state index in [9.17, 15) is 0 Å². The number of halogens is 2. The predicted octanol–water partition coefficient (Wildman–Crippen LogP) is 4.85. The van der Waals surface area contributed by atoms with Gasteiger partial charge < -0.3 is 0 Å². The maximum atomic E-state index is 5.60. The van der Waals surface area contributed by atoms with Crippen molar-refractivity contribution in [1.29, 1.82) is 0 Å². The second-order valence-corrected chi connectivity index (χ2v) is 5.68. The molecule has 0 nitrogen and oxygen atoms in total. The highest BCUT2D eigenvalue weighted by molar-refractivity contribution is 9.11. The van der Waals surface area contributed by atoms with Crippen molar-refractivity contribution in [2.75, 3.05) is 5.88 Å². The summed E-state index contributed by atoms with van der Waals surface area (Å²) >= 11 is 10.9. The van der Waals surface area contributed by atoms with Crippen molar-refractivity contribution in [2.24, 2.45) is 0 Å². The van der Waals surface area contributed by atoms with Gasteiger partial charge in [-0.15, -0.1) is 22.9 Å². The fraction of sp³-hybridized carbons (Fsp3) is 0.600. The first-order chi connectivity index (χ1) is 6.34. The van der Waals surface area contributed by atoms with E-state index in [1.807, 2.05) is 0 Å². The molecule has 1 aromatic heterocycles. The Morgan fingerprint density at radius 1 is 1.23 bits per heavy atom. The maximum absolute atomic E-state index is 5.60. The van der Waals surface area contributed by atoms with Gasteiger partial charge in [-0.25, -0.2) is 0 Å². The van der Waals surface area contributed by atoms with Crippen molar-refractivity contribution in [2.45, 2.75) is 32.1 Å². The van der Waals surface area contributed by atoms with Crippen molar-refractivity contribution in [3.63, 3.8) is 0 Å². The van der Waals surface area contributed by atoms with E-state index in [2.05, 4.69) is 27.4 Å². The summed E-state index contributed by atoms with van der Waals surface area (Å²) in [4.78, 5) is 0. The molecule has 0 fully saturated rings. The van der Waals surface area contributed by atoms with E-state index >= 15 is 0 Å². The summed E-state index contributed by atoms with van der Waals surface area (Å²) in [6.45, 7) is 0. The fourth-order valence-corrected chi connectivity index (χ4v) is 2.78. The summed E-state index contributed by atoms with van der Waals surface area (Å²) < 4.78 is 1.30. The number of aryl methyl sites for hydroxylation is 1. The van der Waals surface area contributed by atoms with Crippen LogP contribution in [0.25, 0.3) is 0 Å². The van der Waals surface area contributed by atoms with Crippen LogP contribution in [0, 0.1) is 0 Å². The van der Waals surface area contributed by atoms with E-state index in [1.54, 1.807) is 11.3 Å². The van der Waals surface area contributed by atoms with Crippen LogP contribution in [0.2, 0.25) is 0 Å². The average Bonchev–Trinajstić information content (AvgIpc) is 2.52. The van der Waals surface area contributed by atoms with Crippen molar-refractivity contribution < 1.29 is 0 Å². The van der Waals surface area contributed by atoms with E-state index in [0.717, 1.165) is 12.3 Å². The van der Waals surface area contributed by atoms with Gasteiger partial charge in [-0.1, -0.05) is 12.8 Å². The normalized spacial score (nSPS) is 10.6. The predicted molar refractivity (Wildman–Crippen MR) is 64.9 cm³/mol. The zero-order chi connectivity index (χ0) is 9.52. The van der Waals surface area contributed by atoms with Crippen molar-refractivity contribution in [1.82, 2.24) is 0 Å². The van der Waals surface area contributed by atoms with Crippen LogP contribution in [-0.2, 0) is 6.42 Å². The molecule has 0 radical (unpaired) electrons. The standard InChI is InChI=1S/C10H14BrClS/c11-10-9(6-8-13-10)5-3-1-2-4-7-12/h6,8H,1-5,7H2. The number of thiophene rings is 1. The number of unbranched alkanes of at least 4 members (excludes halogenated alkanes) is 3. The molecule has 0 saturated heterocycles. The number of rotatable bonds is 6. The molecule has 0 amide bonds. The molecule has 0 unspecified atom stereocenters. The van der Waals surface area contributed by atoms with Crippen LogP contribution >= 0.6 is 38.9 Å². The van der Waals surface area contributed by atoms with Gasteiger partial charge in [-0.05, 0) is 52.2 Å². The first-order valence-corrected chi connectivity index (χ1v) is 6.83. The maximum Gasteiger partial charge on any atom is 0.0730 e. The molecule has 0 aliphatic rings. The van der Waals surface area contributed by atoms with Crippen LogP contribution in [0.5, 0.6) is 0 Å². The Balaban J connectivity index is 2.10. The Hall–Kier alpha value is 0.470. The fourth-order valence-electron chi connectivity index (χ4n) is 1.26. The van der Waals surface area contributed by atoms with Crippen molar-refractivity contribution >= 4 is 38.9 Å². The Bertz CT molecular complexity index is 235. The van der Waals surface area contributed by atoms with Gasteiger partial charge in [-0.3, -0.25) is 0 Å². The first-order valence-electron chi connectivity index (χ1n) is 4.62. The molecule has 0 spiro atoms. The Morgan fingerprint density at radius 3 is 2.62 bits per heavy atom. The van der Waals surface area contributed by atoms with E-state index in [0.29, 0.717) is 0 Å². The molecule has 1 heterocycles. The molecule has 0 N–H and O–H groups in total. The van der Waals surface area contributed by atoms with Crippen LogP contribution in [0.4, 0.5) is 0 Å². The monoisotopic (exact) mass is 280 g/mol. The Kier molecular flexibility index (Phi) is 6.09. The molecule has 1 rings (SSSR count). The van der Waals surface area contributed by atoms with Gasteiger partial charge >= 0.3 is 0 Å². The molecular weight excluding hydrogens is 268 g/mol. The van der Waals surface area contributed by atoms with Gasteiger partial charge in [0.05, 0.1) is 3.79 Å². The lowest BCUT2D eigenvalue weighted by Crippen LogP contribution is -1.84. The molecule has 13 heavy (non-hydrogen) atoms. The van der Waals surface area contributed by atoms with Gasteiger partial charge in [0.2, 0.25) is 0 Å². The molecule has 0 atom stereocenters. The van der Waals surface area contributed by atoms with E-state index in [1.165, 1.54) is 35.0 Å². The van der Waals surface area contributed by atoms with Gasteiger partial charge in [0.15, 0.2) is 0 Å². The molecule has 74 valence electrons. The first kappa shape index (κ1) is 11.5. The second-order valence-electron chi connectivity index (χ2n) is 3.07. The lowest BCUT2D eigenvalue weighted by molar-refractivity contribution is 0.669. The van der Waals surface area contributed by atoms with Crippen LogP contribution in [-0.4, -0.2) is 5.88 Å². The molecule has 0 bridgehead atoms. The molecule has 0 aromatic carbocycles. The largest absolute Gasteiger partial charge is 0.137 e. The van der Waals surface area contributed by atoms with E-state index in [-0.39, 0.29) is 0 Å². The topological polar surface area (TPSA) is 0 Å². The highest BCUT2D eigenvalue weighted by Gasteiger charge is 1.99. The smallest absolute Gasteiger partial charge is 0.0730 e. The van der Waals surface area contributed by atoms with E-state index < -0.39 is 0 Å². The van der Waals surface area contributed by atoms with Gasteiger partial charge in [0.1, 0.15) is 0 Å². The minimum absolute atomic E-state index is 0.808. The zero-order valence-electron chi connectivity index (χ0n) is 7.56. The number of hydrogen-bond donors (Lipinski definition) is 0. The molecule has 3 heteroatoms. The summed E-state index contributed by atoms with van der Waals surface area (Å²) in [6.07, 6.45) is 6.21. The van der Waals surface area contributed by atoms with Crippen LogP contribution in [0.1, 0.15) is 31.2 Å². The quantitative estimate of drug-likeness (QED) is 0.516. The highest BCUT2D eigenvalue weighted by atomic mass is 79.9. The molecule has 0 aliphatic heterocycles. The average molecular weight is 282 g/mol. The Morgan fingerprint density at radius 2 is 2.00 bits per heavy atom. The van der Waals surface area contributed by atoms with Crippen molar-refractivity contribution in [3.8, 4) is 0 Å². The minimum atomic E-state index is 0.808. The lowest BCUT2D eigenvalue weighted by Gasteiger charge is -1.99. The molecular formula is C10H14BrClS. The summed E-state index contributed by atoms with van der Waals surface area (Å²) in [6, 6.07) is 2.20. The molecule has 1 aromatic rings. The SMILES string of the molecule is ClCCCCCCc1ccsc1Br. The van der Waals surface area contributed by atoms with Gasteiger partial charge in [-0.2, -0.15) is 0 Å². The van der Waals surface area contributed by atoms with Crippen LogP contribution in [0.3, 0.4) is 0 Å². The molecule has 0 aliphatic carbocycles. The molecule has 0 saturated carbocycles. The summed E-state index contributed by atoms with van der Waals surface area (Å²) in [5.74, 6) is 0.808. The summed E-state index contributed by atoms with van der Waals surface area (Å²) in [5.41, 5.74) is 1.45.